The van der Waals surface area contributed by atoms with Crippen LogP contribution in [-0.4, -0.2) is 31.2 Å². The van der Waals surface area contributed by atoms with Crippen LogP contribution in [0.25, 0.3) is 5.82 Å². The fourth-order valence-corrected chi connectivity index (χ4v) is 2.72. The molecule has 3 rings (SSSR count). The molecule has 6 nitrogen and oxygen atoms in total. The molecule has 3 aromatic rings. The van der Waals surface area contributed by atoms with Crippen molar-refractivity contribution in [2.24, 2.45) is 0 Å². The lowest BCUT2D eigenvalue weighted by molar-refractivity contribution is -0.113. The molecule has 0 atom stereocenters. The maximum Gasteiger partial charge on any atom is 0.235 e. The zero-order valence-corrected chi connectivity index (χ0v) is 13.6. The minimum absolute atomic E-state index is 0.198. The summed E-state index contributed by atoms with van der Waals surface area (Å²) in [5, 5.41) is 2.73. The lowest BCUT2D eigenvalue weighted by Gasteiger charge is -2.07. The normalized spacial score (nSPS) is 10.6. The molecule has 0 aliphatic rings. The Morgan fingerprint density at radius 3 is 2.75 bits per heavy atom. The van der Waals surface area contributed by atoms with Gasteiger partial charge in [-0.2, -0.15) is 0 Å². The van der Waals surface area contributed by atoms with Gasteiger partial charge in [-0.3, -0.25) is 9.36 Å². The Kier molecular flexibility index (Phi) is 4.85. The quantitative estimate of drug-likeness (QED) is 0.721. The highest BCUT2D eigenvalue weighted by Crippen LogP contribution is 2.18. The number of imidazole rings is 1. The molecule has 122 valence electrons. The average molecular weight is 343 g/mol. The molecule has 0 unspecified atom stereocenters. The third-order valence-corrected chi connectivity index (χ3v) is 4.19. The molecule has 0 aliphatic heterocycles. The topological polar surface area (TPSA) is 72.7 Å². The summed E-state index contributed by atoms with van der Waals surface area (Å²) in [5.74, 6) is 1.54. The third-order valence-electron chi connectivity index (χ3n) is 3.18. The minimum Gasteiger partial charge on any atom is -0.310 e. The lowest BCUT2D eigenvalue weighted by atomic mass is 10.4. The molecule has 0 fully saturated rings. The number of anilines is 1. The predicted octanol–water partition coefficient (Wildman–Crippen LogP) is 2.84. The molecule has 0 saturated heterocycles. The second kappa shape index (κ2) is 7.22. The summed E-state index contributed by atoms with van der Waals surface area (Å²) in [7, 11) is 0. The number of thioether (sulfide) groups is 1. The van der Waals surface area contributed by atoms with Crippen LogP contribution in [0.5, 0.6) is 0 Å². The molecule has 2 heterocycles. The van der Waals surface area contributed by atoms with Gasteiger partial charge in [0.05, 0.1) is 5.75 Å². The number of carbonyl (C=O) groups is 1. The molecule has 1 N–H and O–H groups in total. The van der Waals surface area contributed by atoms with Crippen molar-refractivity contribution >= 4 is 23.5 Å². The van der Waals surface area contributed by atoms with E-state index in [-0.39, 0.29) is 17.5 Å². The first-order chi connectivity index (χ1) is 11.6. The van der Waals surface area contributed by atoms with E-state index in [2.05, 4.69) is 20.3 Å². The highest BCUT2D eigenvalue weighted by Gasteiger charge is 2.08. The van der Waals surface area contributed by atoms with Crippen molar-refractivity contribution in [1.29, 1.82) is 0 Å². The number of nitrogens with one attached hydrogen (secondary N) is 1. The maximum absolute atomic E-state index is 12.8. The van der Waals surface area contributed by atoms with E-state index in [0.717, 1.165) is 10.7 Å². The summed E-state index contributed by atoms with van der Waals surface area (Å²) in [4.78, 5) is 25.2. The number of halogens is 1. The molecule has 0 spiro atoms. The molecule has 8 heteroatoms. The number of aromatic nitrogens is 4. The van der Waals surface area contributed by atoms with Crippen LogP contribution in [0.15, 0.2) is 53.9 Å². The van der Waals surface area contributed by atoms with E-state index in [9.17, 15) is 9.18 Å². The number of aryl methyl sites for hydroxylation is 1. The number of rotatable bonds is 5. The van der Waals surface area contributed by atoms with Gasteiger partial charge in [0.15, 0.2) is 0 Å². The Bertz CT molecular complexity index is 850. The van der Waals surface area contributed by atoms with Crippen molar-refractivity contribution in [2.45, 2.75) is 11.8 Å². The largest absolute Gasteiger partial charge is 0.310 e. The molecule has 0 aliphatic carbocycles. The Balaban J connectivity index is 1.62. The van der Waals surface area contributed by atoms with Crippen molar-refractivity contribution in [1.82, 2.24) is 19.5 Å². The van der Waals surface area contributed by atoms with Crippen molar-refractivity contribution in [3.8, 4) is 5.82 Å². The number of amides is 1. The van der Waals surface area contributed by atoms with Crippen LogP contribution >= 0.6 is 11.8 Å². The first-order valence-corrected chi connectivity index (χ1v) is 8.11. The zero-order valence-electron chi connectivity index (χ0n) is 12.8. The first-order valence-electron chi connectivity index (χ1n) is 7.12. The predicted molar refractivity (Wildman–Crippen MR) is 89.6 cm³/mol. The number of benzene rings is 1. The summed E-state index contributed by atoms with van der Waals surface area (Å²) >= 11 is 1.32. The van der Waals surface area contributed by atoms with E-state index in [0.29, 0.717) is 11.6 Å². The molecule has 1 amide bonds. The Hall–Kier alpha value is -2.74. The lowest BCUT2D eigenvalue weighted by Crippen LogP contribution is -2.15. The summed E-state index contributed by atoms with van der Waals surface area (Å²) < 4.78 is 14.6. The smallest absolute Gasteiger partial charge is 0.235 e. The standard InChI is InChI=1S/C16H14FN5OS/c1-11-18-6-7-22(11)15-8-14(19-10-20-15)21-16(23)9-24-13-4-2-12(17)3-5-13/h2-8,10H,9H2,1H3,(H,19,20,21,23). The second-order valence-corrected chi connectivity index (χ2v) is 5.95. The fraction of sp³-hybridized carbons (Fsp3) is 0.125. The summed E-state index contributed by atoms with van der Waals surface area (Å²) in [6.45, 7) is 1.86. The molecule has 0 bridgehead atoms. The monoisotopic (exact) mass is 343 g/mol. The SMILES string of the molecule is Cc1nccn1-c1cc(NC(=O)CSc2ccc(F)cc2)ncn1. The van der Waals surface area contributed by atoms with Gasteiger partial charge in [0.2, 0.25) is 5.91 Å². The van der Waals surface area contributed by atoms with Gasteiger partial charge in [-0.1, -0.05) is 0 Å². The number of hydrogen-bond donors (Lipinski definition) is 1. The number of nitrogens with zero attached hydrogens (tertiary/aromatic N) is 4. The van der Waals surface area contributed by atoms with Crippen LogP contribution in [0.4, 0.5) is 10.2 Å². The van der Waals surface area contributed by atoms with Gasteiger partial charge >= 0.3 is 0 Å². The van der Waals surface area contributed by atoms with E-state index in [1.807, 2.05) is 6.92 Å². The maximum atomic E-state index is 12.8. The fourth-order valence-electron chi connectivity index (χ4n) is 2.03. The van der Waals surface area contributed by atoms with Crippen molar-refractivity contribution in [2.75, 3.05) is 11.1 Å². The van der Waals surface area contributed by atoms with Crippen LogP contribution in [0.2, 0.25) is 0 Å². The Morgan fingerprint density at radius 1 is 1.25 bits per heavy atom. The van der Waals surface area contributed by atoms with E-state index >= 15 is 0 Å². The van der Waals surface area contributed by atoms with Crippen LogP contribution in [0.3, 0.4) is 0 Å². The summed E-state index contributed by atoms with van der Waals surface area (Å²) in [6.07, 6.45) is 4.85. The van der Waals surface area contributed by atoms with E-state index in [1.54, 1.807) is 35.2 Å². The summed E-state index contributed by atoms with van der Waals surface area (Å²) in [6, 6.07) is 7.68. The molecule has 1 aromatic carbocycles. The van der Waals surface area contributed by atoms with Gasteiger partial charge in [-0.25, -0.2) is 19.3 Å². The van der Waals surface area contributed by atoms with E-state index < -0.39 is 0 Å². The third kappa shape index (κ3) is 3.96. The second-order valence-electron chi connectivity index (χ2n) is 4.90. The van der Waals surface area contributed by atoms with Gasteiger partial charge in [0, 0.05) is 23.4 Å². The molecular weight excluding hydrogens is 329 g/mol. The van der Waals surface area contributed by atoms with Gasteiger partial charge in [-0.15, -0.1) is 11.8 Å². The molecular formula is C16H14FN5OS. The number of hydrogen-bond acceptors (Lipinski definition) is 5. The zero-order chi connectivity index (χ0) is 16.9. The van der Waals surface area contributed by atoms with Gasteiger partial charge in [-0.05, 0) is 31.2 Å². The number of carbonyl (C=O) groups excluding carboxylic acids is 1. The van der Waals surface area contributed by atoms with Crippen LogP contribution in [0.1, 0.15) is 5.82 Å². The van der Waals surface area contributed by atoms with Crippen molar-refractivity contribution in [3.63, 3.8) is 0 Å². The van der Waals surface area contributed by atoms with E-state index in [1.165, 1.54) is 30.2 Å². The van der Waals surface area contributed by atoms with Crippen molar-refractivity contribution in [3.05, 3.63) is 60.7 Å². The molecule has 0 radical (unpaired) electrons. The molecule has 2 aromatic heterocycles. The minimum atomic E-state index is -0.299. The van der Waals surface area contributed by atoms with Gasteiger partial charge in [0.25, 0.3) is 0 Å². The Morgan fingerprint density at radius 2 is 2.04 bits per heavy atom. The van der Waals surface area contributed by atoms with Crippen LogP contribution in [0, 0.1) is 12.7 Å². The van der Waals surface area contributed by atoms with Gasteiger partial charge < -0.3 is 5.32 Å². The summed E-state index contributed by atoms with van der Waals surface area (Å²) in [5.41, 5.74) is 0. The van der Waals surface area contributed by atoms with Crippen LogP contribution < -0.4 is 5.32 Å². The van der Waals surface area contributed by atoms with Gasteiger partial charge in [0.1, 0.15) is 29.6 Å². The Labute approximate surface area is 142 Å². The molecule has 24 heavy (non-hydrogen) atoms. The van der Waals surface area contributed by atoms with E-state index in [4.69, 9.17) is 0 Å². The van der Waals surface area contributed by atoms with Crippen LogP contribution in [-0.2, 0) is 4.79 Å². The average Bonchev–Trinajstić information content (AvgIpc) is 3.01. The highest BCUT2D eigenvalue weighted by molar-refractivity contribution is 8.00. The first kappa shape index (κ1) is 16.1. The molecule has 0 saturated carbocycles. The van der Waals surface area contributed by atoms with Crippen molar-refractivity contribution < 1.29 is 9.18 Å². The highest BCUT2D eigenvalue weighted by atomic mass is 32.2.